The van der Waals surface area contributed by atoms with Crippen LogP contribution in [0.5, 0.6) is 11.5 Å². The Labute approximate surface area is 340 Å². The zero-order valence-corrected chi connectivity index (χ0v) is 33.9. The number of hydrogen-bond acceptors (Lipinski definition) is 7. The Bertz CT molecular complexity index is 2280. The number of carbonyl (C=O) groups is 1. The minimum Gasteiger partial charge on any atom is -0.491 e. The summed E-state index contributed by atoms with van der Waals surface area (Å²) in [5.74, 6) is -17.6. The maximum Gasteiger partial charge on any atom is 0.377 e. The second kappa shape index (κ2) is 17.6. The zero-order chi connectivity index (χ0) is 41.8. The molecule has 6 rings (SSSR count). The van der Waals surface area contributed by atoms with Crippen LogP contribution in [0.3, 0.4) is 0 Å². The lowest BCUT2D eigenvalue weighted by atomic mass is 10.0. The summed E-state index contributed by atoms with van der Waals surface area (Å²) in [4.78, 5) is 13.3. The van der Waals surface area contributed by atoms with Crippen LogP contribution in [0.15, 0.2) is 97.6 Å². The van der Waals surface area contributed by atoms with Crippen molar-refractivity contribution in [1.29, 1.82) is 0 Å². The van der Waals surface area contributed by atoms with Crippen LogP contribution < -0.4 is 9.47 Å². The average molecular weight is 841 g/mol. The maximum absolute atomic E-state index is 15.0. The first kappa shape index (κ1) is 42.7. The third-order valence-electron chi connectivity index (χ3n) is 9.65. The molecular weight excluding hydrogens is 799 g/mol. The molecule has 0 atom stereocenters. The lowest BCUT2D eigenvalue weighted by Crippen LogP contribution is -2.58. The number of halogens is 6. The third kappa shape index (κ3) is 9.37. The largest absolute Gasteiger partial charge is 0.491 e. The highest BCUT2D eigenvalue weighted by Gasteiger charge is 2.72. The maximum atomic E-state index is 15.0. The standard InChI is InChI=1S/C45H42F6O5S2/c1-6-29-17-27(4)9-15-36(29)40-19-31-11-13-33(21-38(31)57-40)53-23-35(55-25-43(46,47)45(50,51)44(48,49)26-56-42(52)8-3)24-54-34-14-12-32-20-41(58-39(32)22-34)37-16-10-28(5)18-30(37)7-2/h8-22,35H,3,6-7,23-26H2,1-2,4-5H3. The monoisotopic (exact) mass is 840 g/mol. The summed E-state index contributed by atoms with van der Waals surface area (Å²) in [5, 5.41) is 1.90. The highest BCUT2D eigenvalue weighted by atomic mass is 32.1. The zero-order valence-electron chi connectivity index (χ0n) is 32.3. The van der Waals surface area contributed by atoms with Crippen molar-refractivity contribution in [2.45, 2.75) is 64.4 Å². The van der Waals surface area contributed by atoms with Gasteiger partial charge in [-0.2, -0.15) is 26.3 Å². The van der Waals surface area contributed by atoms with Crippen LogP contribution in [-0.4, -0.2) is 56.3 Å². The molecular formula is C45H42F6O5S2. The Balaban J connectivity index is 1.21. The van der Waals surface area contributed by atoms with Gasteiger partial charge < -0.3 is 18.9 Å². The van der Waals surface area contributed by atoms with Crippen LogP contribution >= 0.6 is 22.7 Å². The van der Waals surface area contributed by atoms with Crippen molar-refractivity contribution >= 4 is 48.8 Å². The predicted octanol–water partition coefficient (Wildman–Crippen LogP) is 12.7. The molecule has 0 saturated carbocycles. The Kier molecular flexibility index (Phi) is 12.9. The minimum atomic E-state index is -5.96. The molecule has 13 heteroatoms. The first-order valence-corrected chi connectivity index (χ1v) is 20.2. The molecule has 58 heavy (non-hydrogen) atoms. The van der Waals surface area contributed by atoms with Crippen LogP contribution in [0, 0.1) is 13.8 Å². The van der Waals surface area contributed by atoms with Crippen molar-refractivity contribution < 1.29 is 50.1 Å². The van der Waals surface area contributed by atoms with E-state index in [0.29, 0.717) is 17.6 Å². The minimum absolute atomic E-state index is 0.344. The Morgan fingerprint density at radius 1 is 0.672 bits per heavy atom. The smallest absolute Gasteiger partial charge is 0.377 e. The van der Waals surface area contributed by atoms with Gasteiger partial charge in [0.1, 0.15) is 37.4 Å². The first-order valence-electron chi connectivity index (χ1n) is 18.6. The van der Waals surface area contributed by atoms with Gasteiger partial charge in [0.2, 0.25) is 0 Å². The summed E-state index contributed by atoms with van der Waals surface area (Å²) in [6.07, 6.45) is 0.730. The first-order chi connectivity index (χ1) is 27.5. The number of esters is 1. The topological polar surface area (TPSA) is 54.0 Å². The summed E-state index contributed by atoms with van der Waals surface area (Å²) in [6, 6.07) is 27.3. The van der Waals surface area contributed by atoms with Crippen LogP contribution in [-0.2, 0) is 27.1 Å². The summed E-state index contributed by atoms with van der Waals surface area (Å²) < 4.78 is 111. The van der Waals surface area contributed by atoms with Gasteiger partial charge in [-0.3, -0.25) is 0 Å². The summed E-state index contributed by atoms with van der Waals surface area (Å²) in [5.41, 5.74) is 6.96. The Morgan fingerprint density at radius 2 is 1.14 bits per heavy atom. The van der Waals surface area contributed by atoms with Gasteiger partial charge in [-0.15, -0.1) is 22.7 Å². The molecule has 0 fully saturated rings. The van der Waals surface area contributed by atoms with E-state index in [1.807, 2.05) is 26.0 Å². The molecule has 0 unspecified atom stereocenters. The van der Waals surface area contributed by atoms with E-state index in [1.165, 1.54) is 11.1 Å². The van der Waals surface area contributed by atoms with Crippen molar-refractivity contribution in [3.63, 3.8) is 0 Å². The number of aryl methyl sites for hydroxylation is 4. The molecule has 4 aromatic carbocycles. The molecule has 0 aliphatic rings. The lowest BCUT2D eigenvalue weighted by molar-refractivity contribution is -0.329. The van der Waals surface area contributed by atoms with Crippen LogP contribution in [0.2, 0.25) is 0 Å². The second-order valence-electron chi connectivity index (χ2n) is 14.0. The molecule has 0 radical (unpaired) electrons. The SMILES string of the molecule is C=CC(=O)OCC(F)(F)C(F)(F)C(F)(F)COC(COc1ccc2cc(-c3ccc(C)cc3CC)sc2c1)COc1ccc2cc(-c3ccc(C)cc3CC)sc2c1. The summed E-state index contributed by atoms with van der Waals surface area (Å²) in [7, 11) is 0. The van der Waals surface area contributed by atoms with Crippen molar-refractivity contribution in [3.05, 3.63) is 120 Å². The van der Waals surface area contributed by atoms with Crippen molar-refractivity contribution in [1.82, 2.24) is 0 Å². The summed E-state index contributed by atoms with van der Waals surface area (Å²) >= 11 is 3.09. The molecule has 5 nitrogen and oxygen atoms in total. The van der Waals surface area contributed by atoms with Gasteiger partial charge in [0.05, 0.1) is 0 Å². The van der Waals surface area contributed by atoms with E-state index in [9.17, 15) is 31.1 Å². The quantitative estimate of drug-likeness (QED) is 0.0490. The highest BCUT2D eigenvalue weighted by molar-refractivity contribution is 7.22. The number of benzene rings is 4. The molecule has 0 amide bonds. The third-order valence-corrected chi connectivity index (χ3v) is 11.9. The number of ether oxygens (including phenoxy) is 4. The van der Waals surface area contributed by atoms with Crippen LogP contribution in [0.1, 0.15) is 36.1 Å². The van der Waals surface area contributed by atoms with Gasteiger partial charge in [-0.25, -0.2) is 4.79 Å². The molecule has 0 bridgehead atoms. The average Bonchev–Trinajstić information content (AvgIpc) is 3.83. The molecule has 0 aliphatic carbocycles. The van der Waals surface area contributed by atoms with E-state index in [2.05, 4.69) is 73.7 Å². The molecule has 0 saturated heterocycles. The number of thiophene rings is 2. The molecule has 2 aromatic heterocycles. The van der Waals surface area contributed by atoms with E-state index >= 15 is 0 Å². The predicted molar refractivity (Wildman–Crippen MR) is 219 cm³/mol. The van der Waals surface area contributed by atoms with E-state index in [0.717, 1.165) is 65.0 Å². The van der Waals surface area contributed by atoms with Gasteiger partial charge in [0, 0.05) is 25.2 Å². The Morgan fingerprint density at radius 3 is 1.59 bits per heavy atom. The fourth-order valence-corrected chi connectivity index (χ4v) is 8.70. The number of fused-ring (bicyclic) bond motifs is 2. The van der Waals surface area contributed by atoms with E-state index in [-0.39, 0.29) is 0 Å². The van der Waals surface area contributed by atoms with Crippen molar-refractivity contribution in [3.8, 4) is 32.4 Å². The van der Waals surface area contributed by atoms with Crippen molar-refractivity contribution in [2.24, 2.45) is 0 Å². The van der Waals surface area contributed by atoms with E-state index < -0.39 is 56.3 Å². The van der Waals surface area contributed by atoms with Crippen molar-refractivity contribution in [2.75, 3.05) is 26.4 Å². The summed E-state index contributed by atoms with van der Waals surface area (Å²) in [6.45, 7) is 5.94. The molecule has 0 aliphatic heterocycles. The highest BCUT2D eigenvalue weighted by Crippen LogP contribution is 2.46. The van der Waals surface area contributed by atoms with Crippen LogP contribution in [0.4, 0.5) is 26.3 Å². The van der Waals surface area contributed by atoms with Gasteiger partial charge in [0.15, 0.2) is 6.61 Å². The second-order valence-corrected chi connectivity index (χ2v) is 16.2. The van der Waals surface area contributed by atoms with Crippen LogP contribution in [0.25, 0.3) is 41.1 Å². The lowest BCUT2D eigenvalue weighted by Gasteiger charge is -2.33. The van der Waals surface area contributed by atoms with Gasteiger partial charge in [-0.05, 0) is 108 Å². The fourth-order valence-electron chi connectivity index (χ4n) is 6.39. The number of alkyl halides is 6. The Hall–Kier alpha value is -4.85. The molecule has 0 spiro atoms. The molecule has 0 N–H and O–H groups in total. The van der Waals surface area contributed by atoms with Gasteiger partial charge in [-0.1, -0.05) is 68.0 Å². The molecule has 2 heterocycles. The fraction of sp³-hybridized carbons (Fsp3) is 0.311. The van der Waals surface area contributed by atoms with Gasteiger partial charge in [0.25, 0.3) is 0 Å². The number of carbonyl (C=O) groups excluding carboxylic acids is 1. The number of rotatable bonds is 18. The van der Waals surface area contributed by atoms with Gasteiger partial charge >= 0.3 is 23.7 Å². The number of hydrogen-bond donors (Lipinski definition) is 0. The molecule has 306 valence electrons. The molecule has 6 aromatic rings. The normalized spacial score (nSPS) is 12.4. The van der Waals surface area contributed by atoms with E-state index in [4.69, 9.17) is 14.2 Å². The van der Waals surface area contributed by atoms with E-state index in [1.54, 1.807) is 46.9 Å².